The minimum absolute atomic E-state index is 0.240. The van der Waals surface area contributed by atoms with Crippen molar-refractivity contribution in [3.05, 3.63) is 23.5 Å². The van der Waals surface area contributed by atoms with Gasteiger partial charge in [-0.25, -0.2) is 19.2 Å². The SMILES string of the molecule is O=C(O)c1ncnc(CC2CCCCC2)c1F. The number of nitrogens with zero attached hydrogens (tertiary/aromatic N) is 2. The maximum atomic E-state index is 13.8. The van der Waals surface area contributed by atoms with Crippen LogP contribution in [0.5, 0.6) is 0 Å². The van der Waals surface area contributed by atoms with Gasteiger partial charge in [0.1, 0.15) is 6.33 Å². The van der Waals surface area contributed by atoms with Gasteiger partial charge in [-0.3, -0.25) is 0 Å². The summed E-state index contributed by atoms with van der Waals surface area (Å²) in [5, 5.41) is 8.77. The van der Waals surface area contributed by atoms with Crippen molar-refractivity contribution in [3.8, 4) is 0 Å². The summed E-state index contributed by atoms with van der Waals surface area (Å²) in [6, 6.07) is 0. The van der Waals surface area contributed by atoms with E-state index >= 15 is 0 Å². The van der Waals surface area contributed by atoms with Crippen molar-refractivity contribution in [2.24, 2.45) is 5.92 Å². The topological polar surface area (TPSA) is 63.1 Å². The summed E-state index contributed by atoms with van der Waals surface area (Å²) < 4.78 is 13.8. The van der Waals surface area contributed by atoms with Gasteiger partial charge in [0.05, 0.1) is 5.69 Å². The van der Waals surface area contributed by atoms with Crippen LogP contribution in [0.25, 0.3) is 0 Å². The molecule has 1 aliphatic carbocycles. The lowest BCUT2D eigenvalue weighted by Gasteiger charge is -2.21. The number of rotatable bonds is 3. The highest BCUT2D eigenvalue weighted by Crippen LogP contribution is 2.27. The minimum Gasteiger partial charge on any atom is -0.476 e. The molecule has 1 aromatic heterocycles. The van der Waals surface area contributed by atoms with Crippen molar-refractivity contribution in [1.82, 2.24) is 9.97 Å². The molecule has 0 unspecified atom stereocenters. The molecule has 17 heavy (non-hydrogen) atoms. The zero-order chi connectivity index (χ0) is 12.3. The van der Waals surface area contributed by atoms with E-state index in [1.807, 2.05) is 0 Å². The number of aromatic carboxylic acids is 1. The van der Waals surface area contributed by atoms with Gasteiger partial charge in [0.25, 0.3) is 0 Å². The predicted molar refractivity (Wildman–Crippen MR) is 59.2 cm³/mol. The highest BCUT2D eigenvalue weighted by molar-refractivity contribution is 5.85. The Kier molecular flexibility index (Phi) is 3.66. The molecule has 0 atom stereocenters. The number of halogens is 1. The van der Waals surface area contributed by atoms with Crippen molar-refractivity contribution < 1.29 is 14.3 Å². The van der Waals surface area contributed by atoms with Gasteiger partial charge >= 0.3 is 5.97 Å². The predicted octanol–water partition coefficient (Wildman–Crippen LogP) is 2.44. The van der Waals surface area contributed by atoms with E-state index in [0.29, 0.717) is 12.3 Å². The first-order valence-electron chi connectivity index (χ1n) is 5.91. The average Bonchev–Trinajstić information content (AvgIpc) is 2.33. The molecule has 2 rings (SSSR count). The molecule has 1 N–H and O–H groups in total. The summed E-state index contributed by atoms with van der Waals surface area (Å²) in [4.78, 5) is 18.0. The molecule has 5 heteroatoms. The van der Waals surface area contributed by atoms with Gasteiger partial charge in [0.15, 0.2) is 11.5 Å². The normalized spacial score (nSPS) is 17.0. The van der Waals surface area contributed by atoms with E-state index < -0.39 is 17.5 Å². The fourth-order valence-electron chi connectivity index (χ4n) is 2.36. The van der Waals surface area contributed by atoms with Gasteiger partial charge in [-0.05, 0) is 12.3 Å². The zero-order valence-corrected chi connectivity index (χ0v) is 9.53. The number of hydrogen-bond acceptors (Lipinski definition) is 3. The molecule has 0 amide bonds. The monoisotopic (exact) mass is 238 g/mol. The number of aromatic nitrogens is 2. The maximum absolute atomic E-state index is 13.8. The van der Waals surface area contributed by atoms with Gasteiger partial charge in [0, 0.05) is 0 Å². The van der Waals surface area contributed by atoms with Crippen LogP contribution in [-0.2, 0) is 6.42 Å². The highest BCUT2D eigenvalue weighted by Gasteiger charge is 2.21. The summed E-state index contributed by atoms with van der Waals surface area (Å²) in [7, 11) is 0. The Morgan fingerprint density at radius 3 is 2.71 bits per heavy atom. The van der Waals surface area contributed by atoms with E-state index in [2.05, 4.69) is 9.97 Å². The van der Waals surface area contributed by atoms with Crippen LogP contribution in [0.1, 0.15) is 48.3 Å². The maximum Gasteiger partial charge on any atom is 0.357 e. The van der Waals surface area contributed by atoms with Crippen molar-refractivity contribution in [3.63, 3.8) is 0 Å². The van der Waals surface area contributed by atoms with Crippen LogP contribution in [0, 0.1) is 11.7 Å². The summed E-state index contributed by atoms with van der Waals surface area (Å²) in [5.74, 6) is -1.69. The van der Waals surface area contributed by atoms with Gasteiger partial charge < -0.3 is 5.11 Å². The zero-order valence-electron chi connectivity index (χ0n) is 9.53. The van der Waals surface area contributed by atoms with Crippen LogP contribution in [0.3, 0.4) is 0 Å². The van der Waals surface area contributed by atoms with E-state index in [4.69, 9.17) is 5.11 Å². The van der Waals surface area contributed by atoms with E-state index in [1.165, 1.54) is 19.3 Å². The lowest BCUT2D eigenvalue weighted by molar-refractivity contribution is 0.0684. The van der Waals surface area contributed by atoms with Crippen molar-refractivity contribution in [1.29, 1.82) is 0 Å². The smallest absolute Gasteiger partial charge is 0.357 e. The fourth-order valence-corrected chi connectivity index (χ4v) is 2.36. The van der Waals surface area contributed by atoms with Crippen molar-refractivity contribution in [2.75, 3.05) is 0 Å². The third kappa shape index (κ3) is 2.78. The molecular weight excluding hydrogens is 223 g/mol. The first-order valence-corrected chi connectivity index (χ1v) is 5.91. The Labute approximate surface area is 98.9 Å². The Hall–Kier alpha value is -1.52. The molecule has 0 spiro atoms. The van der Waals surface area contributed by atoms with Crippen molar-refractivity contribution in [2.45, 2.75) is 38.5 Å². The fraction of sp³-hybridized carbons (Fsp3) is 0.583. The molecule has 0 radical (unpaired) electrons. The van der Waals surface area contributed by atoms with E-state index in [9.17, 15) is 9.18 Å². The lowest BCUT2D eigenvalue weighted by atomic mass is 9.86. The number of carbonyl (C=O) groups is 1. The van der Waals surface area contributed by atoms with Gasteiger partial charge in [-0.1, -0.05) is 32.1 Å². The van der Waals surface area contributed by atoms with Gasteiger partial charge in [-0.15, -0.1) is 0 Å². The second kappa shape index (κ2) is 5.21. The molecule has 1 aromatic rings. The Balaban J connectivity index is 2.15. The largest absolute Gasteiger partial charge is 0.476 e. The number of carboxylic acids is 1. The Bertz CT molecular complexity index is 417. The molecule has 0 aliphatic heterocycles. The third-order valence-electron chi connectivity index (χ3n) is 3.27. The first kappa shape index (κ1) is 12.0. The third-order valence-corrected chi connectivity index (χ3v) is 3.27. The summed E-state index contributed by atoms with van der Waals surface area (Å²) in [6.07, 6.45) is 7.38. The summed E-state index contributed by atoms with van der Waals surface area (Å²) >= 11 is 0. The lowest BCUT2D eigenvalue weighted by Crippen LogP contribution is -2.14. The van der Waals surface area contributed by atoms with Crippen LogP contribution >= 0.6 is 0 Å². The molecule has 0 saturated heterocycles. The molecule has 92 valence electrons. The van der Waals surface area contributed by atoms with E-state index in [0.717, 1.165) is 19.2 Å². The van der Waals surface area contributed by atoms with E-state index in [-0.39, 0.29) is 5.69 Å². The molecule has 0 bridgehead atoms. The Morgan fingerprint density at radius 2 is 2.06 bits per heavy atom. The molecule has 0 aromatic carbocycles. The molecule has 4 nitrogen and oxygen atoms in total. The second-order valence-electron chi connectivity index (χ2n) is 4.50. The quantitative estimate of drug-likeness (QED) is 0.878. The summed E-state index contributed by atoms with van der Waals surface area (Å²) in [5.41, 5.74) is -0.282. The Morgan fingerprint density at radius 1 is 1.35 bits per heavy atom. The van der Waals surface area contributed by atoms with Crippen LogP contribution in [-0.4, -0.2) is 21.0 Å². The van der Waals surface area contributed by atoms with Gasteiger partial charge in [0.2, 0.25) is 0 Å². The molecule has 1 heterocycles. The van der Waals surface area contributed by atoms with Crippen molar-refractivity contribution >= 4 is 5.97 Å². The molecule has 1 aliphatic rings. The van der Waals surface area contributed by atoms with Crippen LogP contribution < -0.4 is 0 Å². The number of hydrogen-bond donors (Lipinski definition) is 1. The van der Waals surface area contributed by atoms with Gasteiger partial charge in [-0.2, -0.15) is 0 Å². The minimum atomic E-state index is -1.34. The average molecular weight is 238 g/mol. The van der Waals surface area contributed by atoms with Crippen LogP contribution in [0.15, 0.2) is 6.33 Å². The standard InChI is InChI=1S/C12H15FN2O2/c13-10-9(6-8-4-2-1-3-5-8)14-7-15-11(10)12(16)17/h7-8H,1-6H2,(H,16,17). The van der Waals surface area contributed by atoms with E-state index in [1.54, 1.807) is 0 Å². The number of carboxylic acid groups (broad SMARTS) is 1. The summed E-state index contributed by atoms with van der Waals surface area (Å²) in [6.45, 7) is 0. The van der Waals surface area contributed by atoms with Crippen LogP contribution in [0.4, 0.5) is 4.39 Å². The molecular formula is C12H15FN2O2. The second-order valence-corrected chi connectivity index (χ2v) is 4.50. The first-order chi connectivity index (χ1) is 8.18. The molecule has 1 saturated carbocycles. The molecule has 1 fully saturated rings. The van der Waals surface area contributed by atoms with Crippen LogP contribution in [0.2, 0.25) is 0 Å². The highest BCUT2D eigenvalue weighted by atomic mass is 19.1.